The van der Waals surface area contributed by atoms with Crippen LogP contribution in [0, 0.1) is 5.41 Å². The number of nitrogens with zero attached hydrogens (tertiary/aromatic N) is 1. The van der Waals surface area contributed by atoms with Gasteiger partial charge in [-0.1, -0.05) is 0 Å². The van der Waals surface area contributed by atoms with Gasteiger partial charge in [-0.3, -0.25) is 4.79 Å². The fraction of sp³-hybridized carbons (Fsp3) is 0.917. The van der Waals surface area contributed by atoms with Crippen molar-refractivity contribution in [2.45, 2.75) is 38.2 Å². The summed E-state index contributed by atoms with van der Waals surface area (Å²) >= 11 is 0. The molecule has 1 atom stereocenters. The predicted octanol–water partition coefficient (Wildman–Crippen LogP) is 0.786. The van der Waals surface area contributed by atoms with Crippen molar-refractivity contribution in [3.63, 3.8) is 0 Å². The normalized spacial score (nSPS) is 28.8. The summed E-state index contributed by atoms with van der Waals surface area (Å²) in [5.41, 5.74) is 0.157. The van der Waals surface area contributed by atoms with E-state index in [4.69, 9.17) is 4.74 Å². The molecule has 1 aliphatic heterocycles. The second-order valence-corrected chi connectivity index (χ2v) is 5.28. The Balaban J connectivity index is 1.81. The minimum absolute atomic E-state index is 0.102. The number of esters is 1. The second-order valence-electron chi connectivity index (χ2n) is 5.28. The van der Waals surface area contributed by atoms with Crippen molar-refractivity contribution in [3.05, 3.63) is 0 Å². The fourth-order valence-electron chi connectivity index (χ4n) is 2.60. The quantitative estimate of drug-likeness (QED) is 0.721. The number of likely N-dealkylation sites (tertiary alicyclic amines) is 1. The number of aliphatic hydroxyl groups excluding tert-OH is 1. The number of hydrogen-bond donors (Lipinski definition) is 1. The highest BCUT2D eigenvalue weighted by atomic mass is 16.5. The van der Waals surface area contributed by atoms with Gasteiger partial charge in [-0.05, 0) is 37.6 Å². The molecular formula is C12H21NO3. The molecule has 0 unspecified atom stereocenters. The first-order valence-corrected chi connectivity index (χ1v) is 6.11. The Kier molecular flexibility index (Phi) is 3.50. The Hall–Kier alpha value is -0.610. The average molecular weight is 227 g/mol. The van der Waals surface area contributed by atoms with Crippen LogP contribution in [-0.4, -0.2) is 48.8 Å². The van der Waals surface area contributed by atoms with Gasteiger partial charge >= 0.3 is 5.97 Å². The lowest BCUT2D eigenvalue weighted by atomic mass is 9.99. The van der Waals surface area contributed by atoms with E-state index < -0.39 is 0 Å². The highest BCUT2D eigenvalue weighted by Gasteiger charge is 2.46. The van der Waals surface area contributed by atoms with E-state index in [1.54, 1.807) is 0 Å². The van der Waals surface area contributed by atoms with Crippen LogP contribution in [0.25, 0.3) is 0 Å². The van der Waals surface area contributed by atoms with Gasteiger partial charge in [0.15, 0.2) is 0 Å². The van der Waals surface area contributed by atoms with Gasteiger partial charge in [-0.2, -0.15) is 0 Å². The number of β-amino-alcohol motifs (C(OH)–C–C–N with tert-alkyl or cyclic N) is 1. The lowest BCUT2D eigenvalue weighted by Crippen LogP contribution is -2.41. The first-order chi connectivity index (χ1) is 7.63. The Morgan fingerprint density at radius 1 is 1.56 bits per heavy atom. The molecule has 4 nitrogen and oxygen atoms in total. The first kappa shape index (κ1) is 11.9. The number of methoxy groups -OCH3 is 1. The number of hydrogen-bond acceptors (Lipinski definition) is 4. The van der Waals surface area contributed by atoms with Gasteiger partial charge in [0, 0.05) is 13.1 Å². The maximum Gasteiger partial charge on any atom is 0.306 e. The van der Waals surface area contributed by atoms with E-state index in [2.05, 4.69) is 4.90 Å². The molecular weight excluding hydrogens is 206 g/mol. The SMILES string of the molecule is COC(=O)CC1(CN2CCC[C@@H](O)C2)CC1. The van der Waals surface area contributed by atoms with E-state index in [0.717, 1.165) is 45.3 Å². The molecule has 0 bridgehead atoms. The number of carbonyl (C=O) groups is 1. The van der Waals surface area contributed by atoms with Gasteiger partial charge in [-0.25, -0.2) is 0 Å². The van der Waals surface area contributed by atoms with E-state index in [0.29, 0.717) is 6.42 Å². The van der Waals surface area contributed by atoms with E-state index in [-0.39, 0.29) is 17.5 Å². The first-order valence-electron chi connectivity index (χ1n) is 6.11. The fourth-order valence-corrected chi connectivity index (χ4v) is 2.60. The third-order valence-electron chi connectivity index (χ3n) is 3.74. The summed E-state index contributed by atoms with van der Waals surface area (Å²) < 4.78 is 4.73. The largest absolute Gasteiger partial charge is 0.469 e. The third-order valence-corrected chi connectivity index (χ3v) is 3.74. The molecule has 0 aromatic heterocycles. The molecule has 2 aliphatic rings. The number of rotatable bonds is 4. The highest BCUT2D eigenvalue weighted by molar-refractivity contribution is 5.70. The maximum atomic E-state index is 11.3. The molecule has 1 N–H and O–H groups in total. The minimum Gasteiger partial charge on any atom is -0.469 e. The molecule has 0 aromatic carbocycles. The average Bonchev–Trinajstić information content (AvgIpc) is 2.97. The van der Waals surface area contributed by atoms with Crippen LogP contribution in [0.15, 0.2) is 0 Å². The van der Waals surface area contributed by atoms with Crippen LogP contribution >= 0.6 is 0 Å². The van der Waals surface area contributed by atoms with Gasteiger partial charge < -0.3 is 14.7 Å². The zero-order valence-corrected chi connectivity index (χ0v) is 9.95. The summed E-state index contributed by atoms with van der Waals surface area (Å²) in [5.74, 6) is -0.102. The standard InChI is InChI=1S/C12H21NO3/c1-16-11(15)7-12(4-5-12)9-13-6-2-3-10(14)8-13/h10,14H,2-9H2,1H3/t10-/m1/s1. The molecule has 0 amide bonds. The molecule has 1 saturated carbocycles. The Bertz CT molecular complexity index is 263. The highest BCUT2D eigenvalue weighted by Crippen LogP contribution is 2.49. The van der Waals surface area contributed by atoms with Crippen LogP contribution in [0.1, 0.15) is 32.1 Å². The van der Waals surface area contributed by atoms with Gasteiger partial charge in [0.25, 0.3) is 0 Å². The van der Waals surface area contributed by atoms with E-state index in [1.807, 2.05) is 0 Å². The van der Waals surface area contributed by atoms with E-state index in [9.17, 15) is 9.90 Å². The Morgan fingerprint density at radius 3 is 2.88 bits per heavy atom. The van der Waals surface area contributed by atoms with Crippen LogP contribution < -0.4 is 0 Å². The molecule has 0 aromatic rings. The predicted molar refractivity (Wildman–Crippen MR) is 60.0 cm³/mol. The van der Waals surface area contributed by atoms with Gasteiger partial charge in [-0.15, -0.1) is 0 Å². The van der Waals surface area contributed by atoms with E-state index in [1.165, 1.54) is 7.11 Å². The third kappa shape index (κ3) is 2.95. The Morgan fingerprint density at radius 2 is 2.31 bits per heavy atom. The van der Waals surface area contributed by atoms with Crippen molar-refractivity contribution < 1.29 is 14.6 Å². The molecule has 92 valence electrons. The van der Waals surface area contributed by atoms with Crippen molar-refractivity contribution in [1.82, 2.24) is 4.90 Å². The summed E-state index contributed by atoms with van der Waals surface area (Å²) in [6.07, 6.45) is 4.58. The van der Waals surface area contributed by atoms with Crippen LogP contribution in [0.4, 0.5) is 0 Å². The van der Waals surface area contributed by atoms with Crippen LogP contribution in [0.2, 0.25) is 0 Å². The van der Waals surface area contributed by atoms with Crippen LogP contribution in [0.5, 0.6) is 0 Å². The molecule has 1 saturated heterocycles. The smallest absolute Gasteiger partial charge is 0.306 e. The van der Waals surface area contributed by atoms with Crippen LogP contribution in [-0.2, 0) is 9.53 Å². The van der Waals surface area contributed by atoms with Gasteiger partial charge in [0.05, 0.1) is 19.6 Å². The summed E-state index contributed by atoms with van der Waals surface area (Å²) in [5, 5.41) is 9.59. The molecule has 0 radical (unpaired) electrons. The van der Waals surface area contributed by atoms with Crippen molar-refractivity contribution >= 4 is 5.97 Å². The maximum absolute atomic E-state index is 11.3. The zero-order chi connectivity index (χ0) is 11.6. The zero-order valence-electron chi connectivity index (χ0n) is 9.95. The van der Waals surface area contributed by atoms with Crippen molar-refractivity contribution in [2.75, 3.05) is 26.7 Å². The number of aliphatic hydroxyl groups is 1. The van der Waals surface area contributed by atoms with Crippen molar-refractivity contribution in [2.24, 2.45) is 5.41 Å². The number of carbonyl (C=O) groups excluding carboxylic acids is 1. The van der Waals surface area contributed by atoms with Crippen LogP contribution in [0.3, 0.4) is 0 Å². The summed E-state index contributed by atoms with van der Waals surface area (Å²) in [4.78, 5) is 13.6. The molecule has 16 heavy (non-hydrogen) atoms. The summed E-state index contributed by atoms with van der Waals surface area (Å²) in [7, 11) is 1.45. The molecule has 4 heteroatoms. The second kappa shape index (κ2) is 4.72. The van der Waals surface area contributed by atoms with E-state index >= 15 is 0 Å². The molecule has 2 fully saturated rings. The molecule has 1 aliphatic carbocycles. The monoisotopic (exact) mass is 227 g/mol. The molecule has 2 rings (SSSR count). The van der Waals surface area contributed by atoms with Gasteiger partial charge in [0.1, 0.15) is 0 Å². The molecule has 0 spiro atoms. The minimum atomic E-state index is -0.178. The summed E-state index contributed by atoms with van der Waals surface area (Å²) in [6.45, 7) is 2.77. The number of ether oxygens (including phenoxy) is 1. The topological polar surface area (TPSA) is 49.8 Å². The van der Waals surface area contributed by atoms with Gasteiger partial charge in [0.2, 0.25) is 0 Å². The number of piperidine rings is 1. The van der Waals surface area contributed by atoms with Crippen molar-refractivity contribution in [1.29, 1.82) is 0 Å². The summed E-state index contributed by atoms with van der Waals surface area (Å²) in [6, 6.07) is 0. The molecule has 1 heterocycles. The lowest BCUT2D eigenvalue weighted by Gasteiger charge is -2.32. The Labute approximate surface area is 96.6 Å². The van der Waals surface area contributed by atoms with Crippen molar-refractivity contribution in [3.8, 4) is 0 Å². The lowest BCUT2D eigenvalue weighted by molar-refractivity contribution is -0.142.